The molecular formula is C26H45N3O6. The van der Waals surface area contributed by atoms with Crippen LogP contribution in [0.5, 0.6) is 0 Å². The maximum atomic E-state index is 13.2. The molecule has 0 heterocycles. The predicted molar refractivity (Wildman–Crippen MR) is 132 cm³/mol. The van der Waals surface area contributed by atoms with E-state index in [1.54, 1.807) is 6.92 Å². The number of Topliss-reactive ketones (excluding diaryl/α,β-unsaturated/α-hetero) is 1. The van der Waals surface area contributed by atoms with Crippen LogP contribution >= 0.6 is 0 Å². The van der Waals surface area contributed by atoms with Gasteiger partial charge in [-0.2, -0.15) is 0 Å². The van der Waals surface area contributed by atoms with Crippen LogP contribution in [0.3, 0.4) is 0 Å². The fourth-order valence-electron chi connectivity index (χ4n) is 5.04. The standard InChI is InChI=1S/C26H45N3O6/c1-4-35-29-25(32)23(30)21(16-19-11-7-5-8-12-19)27-24(31)22(15-18(2)3)28-26(33)34-17-20-13-9-6-10-14-20/h18-22H,4-17H2,1-3H3,(H,27,31)(H,28,33)(H,29,32)/t21-,22-/m0/s1. The van der Waals surface area contributed by atoms with Crippen LogP contribution in [0, 0.1) is 17.8 Å². The Kier molecular flexibility index (Phi) is 13.1. The number of ether oxygens (including phenoxy) is 1. The molecule has 0 aromatic heterocycles. The van der Waals surface area contributed by atoms with Crippen molar-refractivity contribution in [3.8, 4) is 0 Å². The Morgan fingerprint density at radius 2 is 1.43 bits per heavy atom. The molecule has 0 bridgehead atoms. The van der Waals surface area contributed by atoms with Gasteiger partial charge in [-0.05, 0) is 50.4 Å². The maximum Gasteiger partial charge on any atom is 0.407 e. The van der Waals surface area contributed by atoms with Crippen molar-refractivity contribution < 1.29 is 28.8 Å². The SMILES string of the molecule is CCONC(=O)C(=O)[C@H](CC1CCCCC1)NC(=O)[C@H](CC(C)C)NC(=O)OCC1CCCCC1. The molecule has 9 heteroatoms. The van der Waals surface area contributed by atoms with Crippen molar-refractivity contribution in [3.05, 3.63) is 0 Å². The zero-order valence-corrected chi connectivity index (χ0v) is 21.7. The topological polar surface area (TPSA) is 123 Å². The minimum absolute atomic E-state index is 0.123. The highest BCUT2D eigenvalue weighted by molar-refractivity contribution is 6.38. The first-order chi connectivity index (χ1) is 16.8. The van der Waals surface area contributed by atoms with Crippen LogP contribution in [0.1, 0.15) is 97.8 Å². The van der Waals surface area contributed by atoms with E-state index in [1.807, 2.05) is 13.8 Å². The van der Waals surface area contributed by atoms with Gasteiger partial charge >= 0.3 is 12.0 Å². The monoisotopic (exact) mass is 495 g/mol. The van der Waals surface area contributed by atoms with E-state index in [4.69, 9.17) is 9.57 Å². The van der Waals surface area contributed by atoms with Crippen LogP contribution in [0.15, 0.2) is 0 Å². The number of rotatable bonds is 13. The number of ketones is 1. The summed E-state index contributed by atoms with van der Waals surface area (Å²) < 4.78 is 5.42. The fraction of sp³-hybridized carbons (Fsp3) is 0.846. The van der Waals surface area contributed by atoms with Crippen molar-refractivity contribution in [3.63, 3.8) is 0 Å². The first-order valence-corrected chi connectivity index (χ1v) is 13.5. The first kappa shape index (κ1) is 29.1. The Balaban J connectivity index is 2.01. The van der Waals surface area contributed by atoms with Gasteiger partial charge in [-0.1, -0.05) is 65.2 Å². The number of carbonyl (C=O) groups is 4. The van der Waals surface area contributed by atoms with Crippen molar-refractivity contribution in [2.24, 2.45) is 17.8 Å². The van der Waals surface area contributed by atoms with E-state index < -0.39 is 35.8 Å². The highest BCUT2D eigenvalue weighted by atomic mass is 16.6. The molecule has 35 heavy (non-hydrogen) atoms. The molecule has 2 aliphatic carbocycles. The molecule has 2 saturated carbocycles. The molecule has 0 radical (unpaired) electrons. The molecule has 0 aliphatic heterocycles. The molecule has 0 spiro atoms. The predicted octanol–water partition coefficient (Wildman–Crippen LogP) is 3.80. The van der Waals surface area contributed by atoms with Crippen molar-refractivity contribution in [1.29, 1.82) is 0 Å². The number of hydrogen-bond acceptors (Lipinski definition) is 6. The van der Waals surface area contributed by atoms with Crippen molar-refractivity contribution in [1.82, 2.24) is 16.1 Å². The highest BCUT2D eigenvalue weighted by Crippen LogP contribution is 2.28. The second-order valence-corrected chi connectivity index (χ2v) is 10.5. The first-order valence-electron chi connectivity index (χ1n) is 13.5. The lowest BCUT2D eigenvalue weighted by atomic mass is 9.84. The number of nitrogens with one attached hydrogen (secondary N) is 3. The third kappa shape index (κ3) is 11.0. The molecule has 2 fully saturated rings. The van der Waals surface area contributed by atoms with Crippen LogP contribution in [0.25, 0.3) is 0 Å². The van der Waals surface area contributed by atoms with Crippen LogP contribution in [0.4, 0.5) is 4.79 Å². The van der Waals surface area contributed by atoms with Gasteiger partial charge in [0.1, 0.15) is 6.04 Å². The average Bonchev–Trinajstić information content (AvgIpc) is 2.85. The minimum atomic E-state index is -0.972. The zero-order valence-electron chi connectivity index (χ0n) is 21.7. The smallest absolute Gasteiger partial charge is 0.407 e. The summed E-state index contributed by atoms with van der Waals surface area (Å²) in [5, 5.41) is 5.45. The normalized spacial score (nSPS) is 19.0. The Morgan fingerprint density at radius 1 is 0.829 bits per heavy atom. The minimum Gasteiger partial charge on any atom is -0.449 e. The largest absolute Gasteiger partial charge is 0.449 e. The average molecular weight is 496 g/mol. The van der Waals surface area contributed by atoms with Crippen LogP contribution < -0.4 is 16.1 Å². The number of hydrogen-bond donors (Lipinski definition) is 3. The summed E-state index contributed by atoms with van der Waals surface area (Å²) in [5.74, 6) is -1.35. The second-order valence-electron chi connectivity index (χ2n) is 10.5. The Bertz CT molecular complexity index is 687. The van der Waals surface area contributed by atoms with E-state index in [1.165, 1.54) is 6.42 Å². The third-order valence-electron chi connectivity index (χ3n) is 6.95. The summed E-state index contributed by atoms with van der Waals surface area (Å²) >= 11 is 0. The molecule has 3 amide bonds. The maximum absolute atomic E-state index is 13.2. The lowest BCUT2D eigenvalue weighted by Gasteiger charge is -2.28. The summed E-state index contributed by atoms with van der Waals surface area (Å²) in [6.07, 6.45) is 11.0. The fourth-order valence-corrected chi connectivity index (χ4v) is 5.04. The quantitative estimate of drug-likeness (QED) is 0.264. The molecule has 0 saturated heterocycles. The molecule has 9 nitrogen and oxygen atoms in total. The van der Waals surface area contributed by atoms with E-state index in [-0.39, 0.29) is 18.4 Å². The van der Waals surface area contributed by atoms with Gasteiger partial charge in [-0.3, -0.25) is 19.2 Å². The molecule has 2 aliphatic rings. The summed E-state index contributed by atoms with van der Waals surface area (Å²) in [7, 11) is 0. The Labute approximate surface area is 209 Å². The van der Waals surface area contributed by atoms with Gasteiger partial charge < -0.3 is 15.4 Å². The lowest BCUT2D eigenvalue weighted by Crippen LogP contribution is -2.54. The van der Waals surface area contributed by atoms with Gasteiger partial charge in [0.15, 0.2) is 0 Å². The molecule has 2 atom stereocenters. The van der Waals surface area contributed by atoms with E-state index >= 15 is 0 Å². The van der Waals surface area contributed by atoms with E-state index in [0.29, 0.717) is 25.4 Å². The molecule has 0 aromatic carbocycles. The summed E-state index contributed by atoms with van der Waals surface area (Å²) in [6.45, 7) is 6.18. The second kappa shape index (κ2) is 15.8. The molecular weight excluding hydrogens is 450 g/mol. The molecule has 0 unspecified atom stereocenters. The number of carbonyl (C=O) groups excluding carboxylic acids is 4. The summed E-state index contributed by atoms with van der Waals surface area (Å²) in [4.78, 5) is 55.8. The van der Waals surface area contributed by atoms with Crippen molar-refractivity contribution in [2.45, 2.75) is 110 Å². The van der Waals surface area contributed by atoms with Crippen molar-refractivity contribution >= 4 is 23.7 Å². The number of amides is 3. The number of hydroxylamine groups is 1. The summed E-state index contributed by atoms with van der Waals surface area (Å²) in [6, 6.07) is -1.83. The van der Waals surface area contributed by atoms with Gasteiger partial charge in [-0.15, -0.1) is 0 Å². The lowest BCUT2D eigenvalue weighted by molar-refractivity contribution is -0.147. The third-order valence-corrected chi connectivity index (χ3v) is 6.95. The van der Waals surface area contributed by atoms with E-state index in [9.17, 15) is 19.2 Å². The molecule has 200 valence electrons. The van der Waals surface area contributed by atoms with Gasteiger partial charge in [0.25, 0.3) is 0 Å². The van der Waals surface area contributed by atoms with Gasteiger partial charge in [0.2, 0.25) is 11.7 Å². The highest BCUT2D eigenvalue weighted by Gasteiger charge is 2.33. The van der Waals surface area contributed by atoms with Gasteiger partial charge in [-0.25, -0.2) is 10.3 Å². The van der Waals surface area contributed by atoms with Gasteiger partial charge in [0.05, 0.1) is 19.3 Å². The molecule has 2 rings (SSSR count). The Hall–Kier alpha value is -2.16. The van der Waals surface area contributed by atoms with Crippen LogP contribution in [0.2, 0.25) is 0 Å². The van der Waals surface area contributed by atoms with Crippen LogP contribution in [-0.2, 0) is 24.0 Å². The van der Waals surface area contributed by atoms with E-state index in [2.05, 4.69) is 16.1 Å². The van der Waals surface area contributed by atoms with Crippen LogP contribution in [-0.4, -0.2) is 49.0 Å². The van der Waals surface area contributed by atoms with Gasteiger partial charge in [0, 0.05) is 0 Å². The van der Waals surface area contributed by atoms with Crippen molar-refractivity contribution in [2.75, 3.05) is 13.2 Å². The van der Waals surface area contributed by atoms with E-state index in [0.717, 1.165) is 57.8 Å². The number of alkyl carbamates (subject to hydrolysis) is 1. The Morgan fingerprint density at radius 3 is 2.00 bits per heavy atom. The zero-order chi connectivity index (χ0) is 25.6. The molecule has 3 N–H and O–H groups in total. The summed E-state index contributed by atoms with van der Waals surface area (Å²) in [5.41, 5.74) is 2.14. The molecule has 0 aromatic rings.